The number of hydrogen-bond donors (Lipinski definition) is 0. The van der Waals surface area contributed by atoms with Crippen LogP contribution in [0.25, 0.3) is 0 Å². The van der Waals surface area contributed by atoms with E-state index in [-0.39, 0.29) is 18.7 Å². The lowest BCUT2D eigenvalue weighted by Crippen LogP contribution is -2.21. The SMILES string of the molecule is C=CC(=O)OC(C)COC(=O)C(=C)C.C=CC(=O)OCC1CO1. The fraction of sp³-hybridized carbons (Fsp3) is 0.438. The molecule has 128 valence electrons. The predicted molar refractivity (Wildman–Crippen MR) is 82.4 cm³/mol. The molecular weight excluding hydrogens is 304 g/mol. The summed E-state index contributed by atoms with van der Waals surface area (Å²) in [5, 5.41) is 0. The summed E-state index contributed by atoms with van der Waals surface area (Å²) in [7, 11) is 0. The largest absolute Gasteiger partial charge is 0.460 e. The molecule has 1 saturated heterocycles. The molecule has 0 aromatic heterocycles. The zero-order valence-corrected chi connectivity index (χ0v) is 13.4. The molecule has 7 heteroatoms. The summed E-state index contributed by atoms with van der Waals surface area (Å²) in [5.74, 6) is -1.42. The lowest BCUT2D eigenvalue weighted by atomic mass is 10.3. The van der Waals surface area contributed by atoms with Gasteiger partial charge in [-0.25, -0.2) is 14.4 Å². The van der Waals surface area contributed by atoms with Crippen molar-refractivity contribution in [3.8, 4) is 0 Å². The summed E-state index contributed by atoms with van der Waals surface area (Å²) in [6.45, 7) is 14.2. The monoisotopic (exact) mass is 326 g/mol. The van der Waals surface area contributed by atoms with E-state index in [0.717, 1.165) is 12.2 Å². The van der Waals surface area contributed by atoms with Crippen molar-refractivity contribution >= 4 is 17.9 Å². The van der Waals surface area contributed by atoms with Gasteiger partial charge in [-0.3, -0.25) is 0 Å². The summed E-state index contributed by atoms with van der Waals surface area (Å²) in [6, 6.07) is 0. The molecule has 1 rings (SSSR count). The van der Waals surface area contributed by atoms with E-state index in [1.54, 1.807) is 13.8 Å². The summed E-state index contributed by atoms with van der Waals surface area (Å²) in [4.78, 5) is 32.0. The average molecular weight is 326 g/mol. The Kier molecular flexibility index (Phi) is 10.0. The zero-order chi connectivity index (χ0) is 17.8. The van der Waals surface area contributed by atoms with Crippen LogP contribution in [0.3, 0.4) is 0 Å². The van der Waals surface area contributed by atoms with Gasteiger partial charge in [-0.05, 0) is 13.8 Å². The van der Waals surface area contributed by atoms with Crippen LogP contribution in [0.2, 0.25) is 0 Å². The van der Waals surface area contributed by atoms with Crippen LogP contribution in [0.4, 0.5) is 0 Å². The number of esters is 3. The molecule has 0 aliphatic carbocycles. The van der Waals surface area contributed by atoms with Gasteiger partial charge in [0.25, 0.3) is 0 Å². The third kappa shape index (κ3) is 11.9. The Labute approximate surface area is 135 Å². The topological polar surface area (TPSA) is 91.4 Å². The molecule has 1 fully saturated rings. The molecule has 2 atom stereocenters. The molecular formula is C16H22O7. The van der Waals surface area contributed by atoms with Gasteiger partial charge >= 0.3 is 17.9 Å². The third-order valence-electron chi connectivity index (χ3n) is 2.26. The zero-order valence-electron chi connectivity index (χ0n) is 13.4. The van der Waals surface area contributed by atoms with Crippen molar-refractivity contribution in [2.24, 2.45) is 0 Å². The third-order valence-corrected chi connectivity index (χ3v) is 2.26. The summed E-state index contributed by atoms with van der Waals surface area (Å²) in [6.07, 6.45) is 1.86. The fourth-order valence-corrected chi connectivity index (χ4v) is 0.995. The van der Waals surface area contributed by atoms with Gasteiger partial charge in [0.2, 0.25) is 0 Å². The van der Waals surface area contributed by atoms with Gasteiger partial charge in [-0.2, -0.15) is 0 Å². The van der Waals surface area contributed by atoms with Gasteiger partial charge in [-0.15, -0.1) is 0 Å². The maximum atomic E-state index is 10.9. The normalized spacial score (nSPS) is 15.8. The molecule has 0 radical (unpaired) electrons. The number of epoxide rings is 1. The number of rotatable bonds is 8. The second-order valence-corrected chi connectivity index (χ2v) is 4.62. The Morgan fingerprint density at radius 1 is 1.22 bits per heavy atom. The minimum absolute atomic E-state index is 0.0191. The van der Waals surface area contributed by atoms with Crippen LogP contribution in [0.15, 0.2) is 37.5 Å². The Balaban J connectivity index is 0.000000459. The molecule has 0 aromatic carbocycles. The highest BCUT2D eigenvalue weighted by molar-refractivity contribution is 5.87. The maximum absolute atomic E-state index is 10.9. The highest BCUT2D eigenvalue weighted by Crippen LogP contribution is 2.08. The standard InChI is InChI=1S/C10H14O4.C6H8O3/c1-5-9(11)14-8(4)6-13-10(12)7(2)3;1-2-6(7)9-4-5-3-8-5/h5,8H,1-2,6H2,3-4H3;2,5H,1,3-4H2. The molecule has 0 amide bonds. The van der Waals surface area contributed by atoms with Crippen LogP contribution in [-0.2, 0) is 33.3 Å². The first-order chi connectivity index (χ1) is 10.8. The van der Waals surface area contributed by atoms with E-state index in [9.17, 15) is 14.4 Å². The molecule has 23 heavy (non-hydrogen) atoms. The number of ether oxygens (including phenoxy) is 4. The lowest BCUT2D eigenvalue weighted by molar-refractivity contribution is -0.152. The van der Waals surface area contributed by atoms with Gasteiger partial charge in [0, 0.05) is 17.7 Å². The summed E-state index contributed by atoms with van der Waals surface area (Å²) in [5.41, 5.74) is 0.312. The first-order valence-electron chi connectivity index (χ1n) is 6.86. The van der Waals surface area contributed by atoms with Crippen LogP contribution in [-0.4, -0.2) is 49.9 Å². The van der Waals surface area contributed by atoms with E-state index in [2.05, 4.69) is 24.5 Å². The van der Waals surface area contributed by atoms with Crippen molar-refractivity contribution in [1.29, 1.82) is 0 Å². The molecule has 0 bridgehead atoms. The molecule has 7 nitrogen and oxygen atoms in total. The van der Waals surface area contributed by atoms with Crippen LogP contribution in [0.5, 0.6) is 0 Å². The predicted octanol–water partition coefficient (Wildman–Crippen LogP) is 1.34. The van der Waals surface area contributed by atoms with Crippen molar-refractivity contribution in [2.75, 3.05) is 19.8 Å². The van der Waals surface area contributed by atoms with Crippen LogP contribution >= 0.6 is 0 Å². The molecule has 2 unspecified atom stereocenters. The first-order valence-corrected chi connectivity index (χ1v) is 6.86. The fourth-order valence-electron chi connectivity index (χ4n) is 0.995. The molecule has 1 aliphatic rings. The minimum Gasteiger partial charge on any atom is -0.460 e. The van der Waals surface area contributed by atoms with Gasteiger partial charge in [0.1, 0.15) is 25.4 Å². The van der Waals surface area contributed by atoms with E-state index in [4.69, 9.17) is 14.2 Å². The lowest BCUT2D eigenvalue weighted by Gasteiger charge is -2.11. The molecule has 0 spiro atoms. The van der Waals surface area contributed by atoms with Crippen molar-refractivity contribution in [3.63, 3.8) is 0 Å². The first kappa shape index (κ1) is 20.6. The van der Waals surface area contributed by atoms with Gasteiger partial charge in [-0.1, -0.05) is 19.7 Å². The number of carbonyl (C=O) groups excluding carboxylic acids is 3. The molecule has 0 N–H and O–H groups in total. The van der Waals surface area contributed by atoms with Crippen LogP contribution in [0, 0.1) is 0 Å². The second kappa shape index (κ2) is 11.2. The van der Waals surface area contributed by atoms with Crippen molar-refractivity contribution < 1.29 is 33.3 Å². The molecule has 0 aromatic rings. The van der Waals surface area contributed by atoms with Crippen molar-refractivity contribution in [3.05, 3.63) is 37.5 Å². The summed E-state index contributed by atoms with van der Waals surface area (Å²) < 4.78 is 19.0. The number of hydrogen-bond acceptors (Lipinski definition) is 7. The Morgan fingerprint density at radius 3 is 2.22 bits per heavy atom. The highest BCUT2D eigenvalue weighted by atomic mass is 16.6. The quantitative estimate of drug-likeness (QED) is 0.288. The van der Waals surface area contributed by atoms with Gasteiger partial charge in [0.05, 0.1) is 6.61 Å². The van der Waals surface area contributed by atoms with Crippen LogP contribution in [0.1, 0.15) is 13.8 Å². The second-order valence-electron chi connectivity index (χ2n) is 4.62. The summed E-state index contributed by atoms with van der Waals surface area (Å²) >= 11 is 0. The van der Waals surface area contributed by atoms with Gasteiger partial charge < -0.3 is 18.9 Å². The average Bonchev–Trinajstić information content (AvgIpc) is 3.34. The Bertz CT molecular complexity index is 463. The smallest absolute Gasteiger partial charge is 0.333 e. The van der Waals surface area contributed by atoms with E-state index < -0.39 is 18.0 Å². The molecule has 1 aliphatic heterocycles. The Hall–Kier alpha value is -2.41. The van der Waals surface area contributed by atoms with Crippen molar-refractivity contribution in [2.45, 2.75) is 26.1 Å². The van der Waals surface area contributed by atoms with E-state index in [1.165, 1.54) is 0 Å². The van der Waals surface area contributed by atoms with E-state index >= 15 is 0 Å². The van der Waals surface area contributed by atoms with E-state index in [0.29, 0.717) is 18.8 Å². The molecule has 1 heterocycles. The Morgan fingerprint density at radius 2 is 1.78 bits per heavy atom. The van der Waals surface area contributed by atoms with Crippen molar-refractivity contribution in [1.82, 2.24) is 0 Å². The van der Waals surface area contributed by atoms with Gasteiger partial charge in [0.15, 0.2) is 0 Å². The highest BCUT2D eigenvalue weighted by Gasteiger charge is 2.23. The van der Waals surface area contributed by atoms with Crippen LogP contribution < -0.4 is 0 Å². The molecule has 0 saturated carbocycles. The minimum atomic E-state index is -0.538. The maximum Gasteiger partial charge on any atom is 0.333 e. The van der Waals surface area contributed by atoms with E-state index in [1.807, 2.05) is 0 Å². The number of carbonyl (C=O) groups is 3.